The first-order valence-corrected chi connectivity index (χ1v) is 10.4. The molecule has 0 fully saturated rings. The Labute approximate surface area is 158 Å². The van der Waals surface area contributed by atoms with Gasteiger partial charge in [0.25, 0.3) is 0 Å². The van der Waals surface area contributed by atoms with Crippen LogP contribution >= 0.6 is 11.8 Å². The van der Waals surface area contributed by atoms with Gasteiger partial charge >= 0.3 is 0 Å². The predicted octanol–water partition coefficient (Wildman–Crippen LogP) is 4.68. The Hall–Kier alpha value is -2.44. The quantitative estimate of drug-likeness (QED) is 0.514. The molecule has 26 heavy (non-hydrogen) atoms. The maximum absolute atomic E-state index is 12.3. The third-order valence-electron chi connectivity index (χ3n) is 4.11. The zero-order chi connectivity index (χ0) is 18.1. The summed E-state index contributed by atoms with van der Waals surface area (Å²) in [4.78, 5) is 11.5. The number of hydrogen-bond acceptors (Lipinski definition) is 5. The molecule has 4 rings (SSSR count). The normalized spacial score (nSPS) is 12.4. The van der Waals surface area contributed by atoms with E-state index in [1.807, 2.05) is 54.7 Å². The summed E-state index contributed by atoms with van der Waals surface area (Å²) in [6, 6.07) is 15.7. The number of hydrogen-bond donors (Lipinski definition) is 0. The van der Waals surface area contributed by atoms with E-state index in [1.165, 1.54) is 11.8 Å². The molecule has 4 nitrogen and oxygen atoms in total. The van der Waals surface area contributed by atoms with Crippen molar-refractivity contribution in [2.75, 3.05) is 13.4 Å². The van der Waals surface area contributed by atoms with Crippen LogP contribution in [0.5, 0.6) is 5.75 Å². The monoisotopic (exact) mass is 380 g/mol. The van der Waals surface area contributed by atoms with E-state index in [-0.39, 0.29) is 0 Å². The van der Waals surface area contributed by atoms with Gasteiger partial charge in [-0.15, -0.1) is 0 Å². The lowest BCUT2D eigenvalue weighted by Gasteiger charge is -2.14. The molecular weight excluding hydrogens is 364 g/mol. The van der Waals surface area contributed by atoms with Crippen LogP contribution in [0.4, 0.5) is 0 Å². The molecule has 0 bridgehead atoms. The second-order valence-electron chi connectivity index (χ2n) is 5.70. The SMILES string of the molecule is COc1c(Sc2c(S(C)=O)cnc3ccccc23)cnc2ccccc12. The van der Waals surface area contributed by atoms with Crippen molar-refractivity contribution in [3.63, 3.8) is 0 Å². The first-order valence-electron chi connectivity index (χ1n) is 8.00. The molecule has 0 saturated carbocycles. The van der Waals surface area contributed by atoms with Crippen LogP contribution in [0.2, 0.25) is 0 Å². The van der Waals surface area contributed by atoms with Gasteiger partial charge in [-0.3, -0.25) is 14.2 Å². The Kier molecular flexibility index (Phi) is 4.61. The van der Waals surface area contributed by atoms with Crippen LogP contribution in [0.25, 0.3) is 21.8 Å². The lowest BCUT2D eigenvalue weighted by molar-refractivity contribution is 0.409. The number of para-hydroxylation sites is 2. The fourth-order valence-corrected chi connectivity index (χ4v) is 5.00. The van der Waals surface area contributed by atoms with Gasteiger partial charge in [-0.2, -0.15) is 0 Å². The first-order chi connectivity index (χ1) is 12.7. The van der Waals surface area contributed by atoms with Crippen molar-refractivity contribution in [3.8, 4) is 5.75 Å². The summed E-state index contributed by atoms with van der Waals surface area (Å²) in [6.45, 7) is 0. The molecule has 2 heterocycles. The fourth-order valence-electron chi connectivity index (χ4n) is 2.90. The summed E-state index contributed by atoms with van der Waals surface area (Å²) >= 11 is 1.52. The van der Waals surface area contributed by atoms with E-state index in [4.69, 9.17) is 4.74 Å². The number of fused-ring (bicyclic) bond motifs is 2. The number of aromatic nitrogens is 2. The van der Waals surface area contributed by atoms with Gasteiger partial charge in [0.15, 0.2) is 0 Å². The highest BCUT2D eigenvalue weighted by Crippen LogP contribution is 2.42. The molecule has 0 aliphatic rings. The van der Waals surface area contributed by atoms with E-state index >= 15 is 0 Å². The summed E-state index contributed by atoms with van der Waals surface area (Å²) in [6.07, 6.45) is 5.18. The number of nitrogens with zero attached hydrogens (tertiary/aromatic N) is 2. The van der Waals surface area contributed by atoms with Crippen molar-refractivity contribution in [3.05, 3.63) is 60.9 Å². The third-order valence-corrected chi connectivity index (χ3v) is 6.33. The Morgan fingerprint density at radius 2 is 1.54 bits per heavy atom. The van der Waals surface area contributed by atoms with Crippen molar-refractivity contribution < 1.29 is 8.95 Å². The lowest BCUT2D eigenvalue weighted by Crippen LogP contribution is -1.96. The van der Waals surface area contributed by atoms with Crippen LogP contribution in [0.1, 0.15) is 0 Å². The largest absolute Gasteiger partial charge is 0.495 e. The van der Waals surface area contributed by atoms with E-state index in [0.717, 1.165) is 37.3 Å². The molecule has 6 heteroatoms. The van der Waals surface area contributed by atoms with Crippen molar-refractivity contribution in [2.45, 2.75) is 14.7 Å². The Balaban J connectivity index is 1.94. The van der Waals surface area contributed by atoms with Crippen LogP contribution in [0, 0.1) is 0 Å². The average molecular weight is 380 g/mol. The average Bonchev–Trinajstić information content (AvgIpc) is 2.67. The van der Waals surface area contributed by atoms with Gasteiger partial charge in [0, 0.05) is 34.3 Å². The van der Waals surface area contributed by atoms with Crippen LogP contribution in [-0.2, 0) is 10.8 Å². The van der Waals surface area contributed by atoms with Crippen molar-refractivity contribution in [1.29, 1.82) is 0 Å². The number of methoxy groups -OCH3 is 1. The molecule has 1 atom stereocenters. The highest BCUT2D eigenvalue weighted by molar-refractivity contribution is 8.00. The topological polar surface area (TPSA) is 52.1 Å². The fraction of sp³-hybridized carbons (Fsp3) is 0.100. The molecule has 0 spiro atoms. The van der Waals surface area contributed by atoms with E-state index < -0.39 is 10.8 Å². The molecule has 130 valence electrons. The van der Waals surface area contributed by atoms with Crippen molar-refractivity contribution >= 4 is 44.4 Å². The van der Waals surface area contributed by atoms with Gasteiger partial charge in [-0.05, 0) is 18.2 Å². The van der Waals surface area contributed by atoms with E-state index in [2.05, 4.69) is 9.97 Å². The third kappa shape index (κ3) is 2.95. The van der Waals surface area contributed by atoms with Gasteiger partial charge in [-0.1, -0.05) is 42.1 Å². The molecule has 4 aromatic rings. The molecular formula is C20H16N2O2S2. The van der Waals surface area contributed by atoms with Gasteiger partial charge in [0.05, 0.1) is 38.7 Å². The highest BCUT2D eigenvalue weighted by Gasteiger charge is 2.17. The second kappa shape index (κ2) is 7.05. The van der Waals surface area contributed by atoms with Crippen LogP contribution in [0.15, 0.2) is 75.6 Å². The summed E-state index contributed by atoms with van der Waals surface area (Å²) < 4.78 is 18.0. The highest BCUT2D eigenvalue weighted by atomic mass is 32.2. The summed E-state index contributed by atoms with van der Waals surface area (Å²) in [5, 5.41) is 1.93. The number of ether oxygens (including phenoxy) is 1. The van der Waals surface area contributed by atoms with E-state index in [9.17, 15) is 4.21 Å². The minimum atomic E-state index is -1.15. The molecule has 0 N–H and O–H groups in total. The number of pyridine rings is 2. The van der Waals surface area contributed by atoms with Crippen molar-refractivity contribution in [1.82, 2.24) is 9.97 Å². The lowest BCUT2D eigenvalue weighted by atomic mass is 10.2. The summed E-state index contributed by atoms with van der Waals surface area (Å²) in [5.74, 6) is 0.773. The molecule has 1 unspecified atom stereocenters. The zero-order valence-electron chi connectivity index (χ0n) is 14.3. The summed E-state index contributed by atoms with van der Waals surface area (Å²) in [5.41, 5.74) is 1.75. The molecule has 2 aromatic heterocycles. The van der Waals surface area contributed by atoms with Crippen LogP contribution < -0.4 is 4.74 Å². The van der Waals surface area contributed by atoms with E-state index in [1.54, 1.807) is 19.6 Å². The first kappa shape index (κ1) is 17.0. The smallest absolute Gasteiger partial charge is 0.143 e. The Morgan fingerprint density at radius 1 is 0.923 bits per heavy atom. The van der Waals surface area contributed by atoms with Gasteiger partial charge < -0.3 is 4.74 Å². The maximum atomic E-state index is 12.3. The maximum Gasteiger partial charge on any atom is 0.143 e. The van der Waals surface area contributed by atoms with Gasteiger partial charge in [-0.25, -0.2) is 0 Å². The minimum absolute atomic E-state index is 0.712. The molecule has 2 aromatic carbocycles. The van der Waals surface area contributed by atoms with Crippen molar-refractivity contribution in [2.24, 2.45) is 0 Å². The number of benzene rings is 2. The molecule has 0 aliphatic carbocycles. The second-order valence-corrected chi connectivity index (χ2v) is 8.10. The van der Waals surface area contributed by atoms with Crippen LogP contribution in [-0.4, -0.2) is 27.5 Å². The summed E-state index contributed by atoms with van der Waals surface area (Å²) in [7, 11) is 0.512. The van der Waals surface area contributed by atoms with Gasteiger partial charge in [0.2, 0.25) is 0 Å². The van der Waals surface area contributed by atoms with Gasteiger partial charge in [0.1, 0.15) is 5.75 Å². The molecule has 0 amide bonds. The minimum Gasteiger partial charge on any atom is -0.495 e. The number of rotatable bonds is 4. The molecule has 0 saturated heterocycles. The molecule has 0 radical (unpaired) electrons. The predicted molar refractivity (Wildman–Crippen MR) is 106 cm³/mol. The van der Waals surface area contributed by atoms with E-state index in [0.29, 0.717) is 4.90 Å². The van der Waals surface area contributed by atoms with Crippen LogP contribution in [0.3, 0.4) is 0 Å². The Morgan fingerprint density at radius 3 is 2.23 bits per heavy atom. The zero-order valence-corrected chi connectivity index (χ0v) is 15.9. The molecule has 0 aliphatic heterocycles. The standard InChI is InChI=1S/C20H16N2O2S2/c1-24-19-13-7-3-5-9-15(13)21-11-17(19)25-20-14-8-4-6-10-16(14)22-12-18(20)26(2)23/h3-12H,1-2H3. The Bertz CT molecular complexity index is 1150.